The first kappa shape index (κ1) is 43.5. The standard InChI is InChI=1S/C41H44O16/c42-25-40(26-43,35(48)17-18-36(49)54-31-9-1-27(44)2-10-31)41(22-19-37(50)55-32-11-3-28(45)4-12-32,23-20-38(51)56-33-13-5-29(46)6-14-33)53-24-21-39(52)57-34-15-7-30(47)8-16-34/h1-16,35,42-48H,17-26H2. The van der Waals surface area contributed by atoms with Gasteiger partial charge >= 0.3 is 23.9 Å². The van der Waals surface area contributed by atoms with Crippen LogP contribution in [0.3, 0.4) is 0 Å². The molecule has 0 fully saturated rings. The number of carbonyl (C=O) groups is 4. The Morgan fingerprint density at radius 1 is 0.474 bits per heavy atom. The van der Waals surface area contributed by atoms with Crippen LogP contribution in [0.5, 0.6) is 46.0 Å². The van der Waals surface area contributed by atoms with E-state index in [1.807, 2.05) is 0 Å². The summed E-state index contributed by atoms with van der Waals surface area (Å²) in [7, 11) is 0. The first-order chi connectivity index (χ1) is 27.3. The van der Waals surface area contributed by atoms with Gasteiger partial charge in [0.05, 0.1) is 43.4 Å². The number of aliphatic hydroxyl groups is 3. The van der Waals surface area contributed by atoms with Crippen LogP contribution >= 0.6 is 0 Å². The van der Waals surface area contributed by atoms with Gasteiger partial charge in [-0.2, -0.15) is 0 Å². The highest BCUT2D eigenvalue weighted by molar-refractivity contribution is 5.74. The summed E-state index contributed by atoms with van der Waals surface area (Å²) in [4.78, 5) is 52.2. The smallest absolute Gasteiger partial charge is 0.313 e. The molecule has 57 heavy (non-hydrogen) atoms. The van der Waals surface area contributed by atoms with Crippen LogP contribution in [-0.2, 0) is 23.9 Å². The highest BCUT2D eigenvalue weighted by atomic mass is 16.6. The zero-order chi connectivity index (χ0) is 41.4. The fourth-order valence-electron chi connectivity index (χ4n) is 6.02. The minimum atomic E-state index is -2.13. The van der Waals surface area contributed by atoms with Gasteiger partial charge in [0.2, 0.25) is 0 Å². The first-order valence-corrected chi connectivity index (χ1v) is 17.8. The van der Waals surface area contributed by atoms with Crippen molar-refractivity contribution in [3.63, 3.8) is 0 Å². The van der Waals surface area contributed by atoms with Crippen molar-refractivity contribution in [2.45, 2.75) is 56.7 Å². The molecule has 0 saturated carbocycles. The van der Waals surface area contributed by atoms with Gasteiger partial charge in [-0.25, -0.2) is 0 Å². The highest BCUT2D eigenvalue weighted by Crippen LogP contribution is 2.46. The van der Waals surface area contributed by atoms with E-state index < -0.39 is 106 Å². The van der Waals surface area contributed by atoms with Crippen LogP contribution in [-0.4, -0.2) is 91.1 Å². The normalized spacial score (nSPS) is 12.0. The molecular formula is C41H44O16. The lowest BCUT2D eigenvalue weighted by Crippen LogP contribution is -2.61. The van der Waals surface area contributed by atoms with Crippen LogP contribution in [0.1, 0.15) is 44.9 Å². The van der Waals surface area contributed by atoms with E-state index in [2.05, 4.69) is 0 Å². The summed E-state index contributed by atoms with van der Waals surface area (Å²) in [5.74, 6) is -3.25. The average molecular weight is 793 g/mol. The second kappa shape index (κ2) is 20.6. The Bertz CT molecular complexity index is 1840. The number of phenols is 4. The molecule has 0 radical (unpaired) electrons. The Kier molecular flexibility index (Phi) is 15.8. The number of phenolic OH excluding ortho intramolecular Hbond substituents is 4. The molecule has 0 amide bonds. The van der Waals surface area contributed by atoms with E-state index in [9.17, 15) is 54.9 Å². The van der Waals surface area contributed by atoms with Gasteiger partial charge in [-0.3, -0.25) is 19.2 Å². The lowest BCUT2D eigenvalue weighted by Gasteiger charge is -2.51. The van der Waals surface area contributed by atoms with E-state index in [4.69, 9.17) is 23.7 Å². The highest BCUT2D eigenvalue weighted by Gasteiger charge is 2.56. The van der Waals surface area contributed by atoms with Crippen molar-refractivity contribution in [3.8, 4) is 46.0 Å². The quantitative estimate of drug-likeness (QED) is 0.0464. The van der Waals surface area contributed by atoms with Gasteiger partial charge in [0.25, 0.3) is 0 Å². The molecule has 1 atom stereocenters. The van der Waals surface area contributed by atoms with E-state index in [1.165, 1.54) is 97.1 Å². The number of benzene rings is 4. The Labute approximate surface area is 327 Å². The predicted octanol–water partition coefficient (Wildman–Crippen LogP) is 4.05. The van der Waals surface area contributed by atoms with E-state index in [0.717, 1.165) is 0 Å². The van der Waals surface area contributed by atoms with E-state index in [-0.39, 0.29) is 46.0 Å². The molecule has 7 N–H and O–H groups in total. The van der Waals surface area contributed by atoms with Gasteiger partial charge in [-0.15, -0.1) is 0 Å². The molecule has 0 saturated heterocycles. The summed E-state index contributed by atoms with van der Waals surface area (Å²) in [5, 5.41) is 72.2. The molecule has 0 spiro atoms. The summed E-state index contributed by atoms with van der Waals surface area (Å²) in [5.41, 5.74) is -4.16. The molecule has 0 aliphatic carbocycles. The third kappa shape index (κ3) is 12.7. The second-order valence-corrected chi connectivity index (χ2v) is 13.0. The fourth-order valence-corrected chi connectivity index (χ4v) is 6.02. The van der Waals surface area contributed by atoms with E-state index in [0.29, 0.717) is 0 Å². The molecule has 4 rings (SSSR count). The third-order valence-electron chi connectivity index (χ3n) is 9.16. The average Bonchev–Trinajstić information content (AvgIpc) is 3.19. The van der Waals surface area contributed by atoms with Crippen molar-refractivity contribution < 1.29 is 78.6 Å². The lowest BCUT2D eigenvalue weighted by molar-refractivity contribution is -0.221. The number of ether oxygens (including phenoxy) is 5. The number of aromatic hydroxyl groups is 4. The summed E-state index contributed by atoms with van der Waals surface area (Å²) in [6, 6.07) is 21.1. The molecule has 0 heterocycles. The minimum Gasteiger partial charge on any atom is -0.508 e. The van der Waals surface area contributed by atoms with Gasteiger partial charge < -0.3 is 59.4 Å². The summed E-state index contributed by atoms with van der Waals surface area (Å²) in [6.07, 6.45) is -4.96. The lowest BCUT2D eigenvalue weighted by atomic mass is 9.63. The molecular weight excluding hydrogens is 748 g/mol. The SMILES string of the molecule is O=C(CCOC(CCC(=O)Oc1ccc(O)cc1)(CCC(=O)Oc1ccc(O)cc1)C(CO)(CO)C(O)CCC(=O)Oc1ccc(O)cc1)Oc1ccc(O)cc1. The number of hydrogen-bond donors (Lipinski definition) is 7. The number of carbonyl (C=O) groups excluding carboxylic acids is 4. The third-order valence-corrected chi connectivity index (χ3v) is 9.16. The molecule has 16 nitrogen and oxygen atoms in total. The van der Waals surface area contributed by atoms with Gasteiger partial charge in [-0.05, 0) is 116 Å². The molecule has 16 heteroatoms. The molecule has 0 bridgehead atoms. The topological polar surface area (TPSA) is 256 Å². The van der Waals surface area contributed by atoms with Crippen LogP contribution in [0.4, 0.5) is 0 Å². The molecule has 4 aromatic carbocycles. The van der Waals surface area contributed by atoms with Crippen molar-refractivity contribution in [1.82, 2.24) is 0 Å². The Morgan fingerprint density at radius 2 is 0.772 bits per heavy atom. The Morgan fingerprint density at radius 3 is 1.09 bits per heavy atom. The van der Waals surface area contributed by atoms with E-state index >= 15 is 0 Å². The molecule has 4 aromatic rings. The zero-order valence-corrected chi connectivity index (χ0v) is 30.7. The van der Waals surface area contributed by atoms with Crippen molar-refractivity contribution in [2.75, 3.05) is 19.8 Å². The maximum Gasteiger partial charge on any atom is 0.313 e. The van der Waals surface area contributed by atoms with Crippen LogP contribution in [0.25, 0.3) is 0 Å². The number of rotatable bonds is 21. The van der Waals surface area contributed by atoms with Crippen LogP contribution < -0.4 is 18.9 Å². The van der Waals surface area contributed by atoms with E-state index in [1.54, 1.807) is 0 Å². The summed E-state index contributed by atoms with van der Waals surface area (Å²) in [6.45, 7) is -2.53. The Balaban J connectivity index is 1.64. The number of esters is 4. The second-order valence-electron chi connectivity index (χ2n) is 13.0. The first-order valence-electron chi connectivity index (χ1n) is 17.8. The molecule has 1 unspecified atom stereocenters. The minimum absolute atomic E-state index is 0.0627. The largest absolute Gasteiger partial charge is 0.508 e. The van der Waals surface area contributed by atoms with Gasteiger partial charge in [-0.1, -0.05) is 0 Å². The zero-order valence-electron chi connectivity index (χ0n) is 30.7. The maximum absolute atomic E-state index is 13.2. The Hall–Kier alpha value is -6.20. The van der Waals surface area contributed by atoms with Crippen LogP contribution in [0.15, 0.2) is 97.1 Å². The van der Waals surface area contributed by atoms with Crippen molar-refractivity contribution >= 4 is 23.9 Å². The molecule has 304 valence electrons. The molecule has 0 aliphatic rings. The van der Waals surface area contributed by atoms with Crippen molar-refractivity contribution in [1.29, 1.82) is 0 Å². The van der Waals surface area contributed by atoms with Crippen molar-refractivity contribution in [3.05, 3.63) is 97.1 Å². The number of aliphatic hydroxyl groups excluding tert-OH is 3. The molecule has 0 aliphatic heterocycles. The fraction of sp³-hybridized carbons (Fsp3) is 0.317. The molecule has 0 aromatic heterocycles. The van der Waals surface area contributed by atoms with Crippen LogP contribution in [0.2, 0.25) is 0 Å². The maximum atomic E-state index is 13.2. The summed E-state index contributed by atoms with van der Waals surface area (Å²) >= 11 is 0. The summed E-state index contributed by atoms with van der Waals surface area (Å²) < 4.78 is 27.7. The predicted molar refractivity (Wildman–Crippen MR) is 199 cm³/mol. The van der Waals surface area contributed by atoms with Crippen LogP contribution in [0, 0.1) is 5.41 Å². The van der Waals surface area contributed by atoms with Gasteiger partial charge in [0.15, 0.2) is 0 Å². The van der Waals surface area contributed by atoms with Crippen molar-refractivity contribution in [2.24, 2.45) is 5.41 Å². The van der Waals surface area contributed by atoms with Gasteiger partial charge in [0.1, 0.15) is 46.0 Å². The van der Waals surface area contributed by atoms with Gasteiger partial charge in [0, 0.05) is 19.3 Å². The number of hydrogen-bond acceptors (Lipinski definition) is 16. The monoisotopic (exact) mass is 792 g/mol.